The topological polar surface area (TPSA) is 84.1 Å². The molecule has 0 atom stereocenters. The molecule has 0 saturated heterocycles. The van der Waals surface area contributed by atoms with Crippen molar-refractivity contribution < 1.29 is 9.90 Å². The fourth-order valence-electron chi connectivity index (χ4n) is 2.05. The van der Waals surface area contributed by atoms with Gasteiger partial charge in [0.05, 0.1) is 0 Å². The van der Waals surface area contributed by atoms with Crippen LogP contribution in [0.25, 0.3) is 0 Å². The van der Waals surface area contributed by atoms with E-state index in [1.165, 1.54) is 4.68 Å². The molecule has 0 bridgehead atoms. The Balaban J connectivity index is 2.21. The van der Waals surface area contributed by atoms with E-state index in [2.05, 4.69) is 15.5 Å². The molecule has 0 amide bonds. The number of aliphatic carboxylic acids is 1. The first-order chi connectivity index (χ1) is 8.06. The molecule has 1 aromatic heterocycles. The van der Waals surface area contributed by atoms with Crippen LogP contribution in [0.5, 0.6) is 0 Å². The van der Waals surface area contributed by atoms with E-state index in [9.17, 15) is 9.90 Å². The van der Waals surface area contributed by atoms with Crippen molar-refractivity contribution in [2.75, 3.05) is 20.6 Å². The monoisotopic (exact) mass is 239 g/mol. The van der Waals surface area contributed by atoms with Crippen molar-refractivity contribution in [3.8, 4) is 0 Å². The Hall–Kier alpha value is -1.50. The molecular weight excluding hydrogens is 222 g/mol. The highest BCUT2D eigenvalue weighted by atomic mass is 16.4. The lowest BCUT2D eigenvalue weighted by Crippen LogP contribution is -2.49. The van der Waals surface area contributed by atoms with Crippen LogP contribution in [0.3, 0.4) is 0 Å². The van der Waals surface area contributed by atoms with Gasteiger partial charge < -0.3 is 10.0 Å². The first-order valence-electron chi connectivity index (χ1n) is 5.72. The summed E-state index contributed by atoms with van der Waals surface area (Å²) in [6.45, 7) is 0.802. The number of carboxylic acid groups (broad SMARTS) is 1. The Bertz CT molecular complexity index is 411. The van der Waals surface area contributed by atoms with E-state index in [-0.39, 0.29) is 0 Å². The highest BCUT2D eigenvalue weighted by molar-refractivity contribution is 5.77. The molecule has 0 aromatic carbocycles. The van der Waals surface area contributed by atoms with Gasteiger partial charge in [0.25, 0.3) is 0 Å². The van der Waals surface area contributed by atoms with Gasteiger partial charge in [-0.1, -0.05) is 0 Å². The van der Waals surface area contributed by atoms with Crippen molar-refractivity contribution in [2.45, 2.75) is 31.2 Å². The molecule has 0 radical (unpaired) electrons. The van der Waals surface area contributed by atoms with Crippen molar-refractivity contribution in [1.29, 1.82) is 0 Å². The largest absolute Gasteiger partial charge is 0.479 e. The van der Waals surface area contributed by atoms with Crippen molar-refractivity contribution in [3.05, 3.63) is 5.82 Å². The molecule has 1 aliphatic carbocycles. The van der Waals surface area contributed by atoms with Gasteiger partial charge in [-0.15, -0.1) is 5.10 Å². The number of tetrazole rings is 1. The van der Waals surface area contributed by atoms with Crippen LogP contribution in [0.4, 0.5) is 0 Å². The number of aromatic nitrogens is 4. The molecule has 1 heterocycles. The fourth-order valence-corrected chi connectivity index (χ4v) is 2.05. The Kier molecular flexibility index (Phi) is 3.10. The highest BCUT2D eigenvalue weighted by Crippen LogP contribution is 2.39. The Labute approximate surface area is 99.4 Å². The molecule has 1 fully saturated rings. The third kappa shape index (κ3) is 2.02. The fraction of sp³-hybridized carbons (Fsp3) is 0.800. The predicted molar refractivity (Wildman–Crippen MR) is 59.5 cm³/mol. The summed E-state index contributed by atoms with van der Waals surface area (Å²) in [5.74, 6) is -0.178. The van der Waals surface area contributed by atoms with E-state index in [1.54, 1.807) is 0 Å². The summed E-state index contributed by atoms with van der Waals surface area (Å²) in [6.07, 6.45) is 2.80. The summed E-state index contributed by atoms with van der Waals surface area (Å²) >= 11 is 0. The number of carboxylic acids is 1. The van der Waals surface area contributed by atoms with Crippen LogP contribution < -0.4 is 0 Å². The minimum Gasteiger partial charge on any atom is -0.479 e. The minimum absolute atomic E-state index is 0.613. The number of carbonyl (C=O) groups is 1. The summed E-state index contributed by atoms with van der Waals surface area (Å²) < 4.78 is 1.50. The number of hydrogen-bond donors (Lipinski definition) is 1. The summed E-state index contributed by atoms with van der Waals surface area (Å²) in [6, 6.07) is 0. The van der Waals surface area contributed by atoms with Gasteiger partial charge in [-0.2, -0.15) is 0 Å². The molecule has 1 N–H and O–H groups in total. The smallest absolute Gasteiger partial charge is 0.331 e. The Morgan fingerprint density at radius 2 is 2.24 bits per heavy atom. The molecule has 17 heavy (non-hydrogen) atoms. The second kappa shape index (κ2) is 4.40. The summed E-state index contributed by atoms with van der Waals surface area (Å²) in [5.41, 5.74) is -0.898. The maximum atomic E-state index is 11.4. The molecule has 7 nitrogen and oxygen atoms in total. The third-order valence-corrected chi connectivity index (χ3v) is 3.30. The number of hydrogen-bond acceptors (Lipinski definition) is 5. The van der Waals surface area contributed by atoms with Crippen LogP contribution in [-0.4, -0.2) is 56.8 Å². The predicted octanol–water partition coefficient (Wildman–Crippen LogP) is -0.259. The summed E-state index contributed by atoms with van der Waals surface area (Å²) in [7, 11) is 3.93. The maximum Gasteiger partial charge on any atom is 0.331 e. The third-order valence-electron chi connectivity index (χ3n) is 3.30. The standard InChI is InChI=1S/C10H17N5O2/c1-14(2)7-4-8-11-12-13-15(8)10(9(16)17)5-3-6-10/h3-7H2,1-2H3,(H,16,17). The number of rotatable bonds is 5. The van der Waals surface area contributed by atoms with Gasteiger partial charge in [0, 0.05) is 13.0 Å². The zero-order valence-electron chi connectivity index (χ0n) is 10.1. The Morgan fingerprint density at radius 3 is 2.71 bits per heavy atom. The zero-order valence-corrected chi connectivity index (χ0v) is 10.1. The summed E-state index contributed by atoms with van der Waals surface area (Å²) in [4.78, 5) is 13.4. The van der Waals surface area contributed by atoms with E-state index < -0.39 is 11.5 Å². The molecule has 0 unspecified atom stereocenters. The van der Waals surface area contributed by atoms with Crippen LogP contribution in [-0.2, 0) is 16.8 Å². The quantitative estimate of drug-likeness (QED) is 0.762. The lowest BCUT2D eigenvalue weighted by Gasteiger charge is -2.37. The molecule has 1 saturated carbocycles. The lowest BCUT2D eigenvalue weighted by molar-refractivity contribution is -0.153. The van der Waals surface area contributed by atoms with Gasteiger partial charge in [-0.05, 0) is 43.8 Å². The normalized spacial score (nSPS) is 18.1. The average molecular weight is 239 g/mol. The zero-order chi connectivity index (χ0) is 12.5. The first-order valence-corrected chi connectivity index (χ1v) is 5.72. The minimum atomic E-state index is -0.898. The van der Waals surface area contributed by atoms with E-state index in [4.69, 9.17) is 0 Å². The van der Waals surface area contributed by atoms with E-state index >= 15 is 0 Å². The van der Waals surface area contributed by atoms with Crippen LogP contribution in [0.2, 0.25) is 0 Å². The van der Waals surface area contributed by atoms with Crippen LogP contribution in [0, 0.1) is 0 Å². The number of likely N-dealkylation sites (N-methyl/N-ethyl adjacent to an activating group) is 1. The maximum absolute atomic E-state index is 11.4. The lowest BCUT2D eigenvalue weighted by atomic mass is 9.77. The van der Waals surface area contributed by atoms with Crippen molar-refractivity contribution >= 4 is 5.97 Å². The average Bonchev–Trinajstić information content (AvgIpc) is 2.61. The van der Waals surface area contributed by atoms with Gasteiger partial charge in [0.1, 0.15) is 0 Å². The van der Waals surface area contributed by atoms with Crippen molar-refractivity contribution in [3.63, 3.8) is 0 Å². The molecule has 7 heteroatoms. The summed E-state index contributed by atoms with van der Waals surface area (Å²) in [5, 5.41) is 20.7. The molecule has 2 rings (SSSR count). The van der Waals surface area contributed by atoms with Gasteiger partial charge >= 0.3 is 5.97 Å². The second-order valence-corrected chi connectivity index (χ2v) is 4.75. The van der Waals surface area contributed by atoms with Gasteiger partial charge in [-0.25, -0.2) is 9.48 Å². The highest BCUT2D eigenvalue weighted by Gasteiger charge is 2.48. The van der Waals surface area contributed by atoms with Crippen LogP contribution >= 0.6 is 0 Å². The first kappa shape index (κ1) is 12.0. The van der Waals surface area contributed by atoms with E-state index in [1.807, 2.05) is 19.0 Å². The molecule has 0 aliphatic heterocycles. The molecule has 1 aromatic rings. The molecule has 0 spiro atoms. The van der Waals surface area contributed by atoms with E-state index in [0.717, 1.165) is 13.0 Å². The van der Waals surface area contributed by atoms with Crippen molar-refractivity contribution in [1.82, 2.24) is 25.1 Å². The van der Waals surface area contributed by atoms with E-state index in [0.29, 0.717) is 25.1 Å². The molecule has 94 valence electrons. The van der Waals surface area contributed by atoms with Gasteiger partial charge in [-0.3, -0.25) is 0 Å². The molecular formula is C10H17N5O2. The SMILES string of the molecule is CN(C)CCc1nnnn1C1(C(=O)O)CCC1. The van der Waals surface area contributed by atoms with Crippen molar-refractivity contribution in [2.24, 2.45) is 0 Å². The number of nitrogens with zero attached hydrogens (tertiary/aromatic N) is 5. The van der Waals surface area contributed by atoms with Crippen LogP contribution in [0.15, 0.2) is 0 Å². The van der Waals surface area contributed by atoms with Gasteiger partial charge in [0.2, 0.25) is 0 Å². The Morgan fingerprint density at radius 1 is 1.53 bits per heavy atom. The second-order valence-electron chi connectivity index (χ2n) is 4.75. The van der Waals surface area contributed by atoms with Crippen LogP contribution in [0.1, 0.15) is 25.1 Å². The molecule has 1 aliphatic rings. The van der Waals surface area contributed by atoms with Gasteiger partial charge in [0.15, 0.2) is 11.4 Å².